The van der Waals surface area contributed by atoms with Gasteiger partial charge in [-0.25, -0.2) is 4.99 Å². The minimum absolute atomic E-state index is 0.647. The Morgan fingerprint density at radius 3 is 2.52 bits per heavy atom. The van der Waals surface area contributed by atoms with Gasteiger partial charge in [0.1, 0.15) is 11.1 Å². The van der Waals surface area contributed by atoms with Gasteiger partial charge in [0.15, 0.2) is 11.5 Å². The molecule has 21 heavy (non-hydrogen) atoms. The van der Waals surface area contributed by atoms with E-state index in [9.17, 15) is 5.26 Å². The third-order valence-electron chi connectivity index (χ3n) is 3.22. The molecule has 0 bridgehead atoms. The van der Waals surface area contributed by atoms with E-state index in [-0.39, 0.29) is 0 Å². The van der Waals surface area contributed by atoms with Crippen molar-refractivity contribution in [2.75, 3.05) is 14.2 Å². The maximum absolute atomic E-state index is 9.21. The van der Waals surface area contributed by atoms with E-state index in [1.54, 1.807) is 20.4 Å². The highest BCUT2D eigenvalue weighted by Crippen LogP contribution is 2.34. The molecule has 0 spiro atoms. The Balaban J connectivity index is 2.34. The summed E-state index contributed by atoms with van der Waals surface area (Å²) in [5.41, 5.74) is 2.54. The van der Waals surface area contributed by atoms with Gasteiger partial charge in [-0.3, -0.25) is 0 Å². The van der Waals surface area contributed by atoms with Crippen molar-refractivity contribution in [2.24, 2.45) is 4.99 Å². The lowest BCUT2D eigenvalue weighted by molar-refractivity contribution is 0.355. The first-order chi connectivity index (χ1) is 10.1. The van der Waals surface area contributed by atoms with E-state index in [4.69, 9.17) is 9.47 Å². The van der Waals surface area contributed by atoms with E-state index in [0.717, 1.165) is 21.0 Å². The first-order valence-corrected chi connectivity index (χ1v) is 7.18. The van der Waals surface area contributed by atoms with Crippen molar-refractivity contribution < 1.29 is 9.47 Å². The van der Waals surface area contributed by atoms with Crippen LogP contribution >= 0.6 is 11.3 Å². The van der Waals surface area contributed by atoms with Crippen LogP contribution in [0.1, 0.15) is 21.6 Å². The van der Waals surface area contributed by atoms with Crippen LogP contribution in [-0.2, 0) is 0 Å². The van der Waals surface area contributed by atoms with Crippen LogP contribution in [0.3, 0.4) is 0 Å². The Hall–Kier alpha value is -2.32. The molecular formula is C16H16N2O2S. The van der Waals surface area contributed by atoms with Crippen LogP contribution < -0.4 is 9.47 Å². The topological polar surface area (TPSA) is 54.6 Å². The number of hydrogen-bond donors (Lipinski definition) is 0. The third-order valence-corrected chi connectivity index (χ3v) is 4.33. The van der Waals surface area contributed by atoms with Crippen LogP contribution in [-0.4, -0.2) is 20.4 Å². The van der Waals surface area contributed by atoms with Crippen molar-refractivity contribution in [3.05, 3.63) is 39.8 Å². The van der Waals surface area contributed by atoms with Crippen LogP contribution in [0.2, 0.25) is 0 Å². The molecule has 0 aliphatic carbocycles. The van der Waals surface area contributed by atoms with Gasteiger partial charge in [-0.05, 0) is 43.2 Å². The van der Waals surface area contributed by atoms with Crippen molar-refractivity contribution in [1.82, 2.24) is 0 Å². The number of thiophene rings is 1. The molecule has 4 nitrogen and oxygen atoms in total. The summed E-state index contributed by atoms with van der Waals surface area (Å²) in [6.07, 6.45) is 1.73. The summed E-state index contributed by atoms with van der Waals surface area (Å²) in [4.78, 5) is 5.55. The first-order valence-electron chi connectivity index (χ1n) is 6.37. The Morgan fingerprint density at radius 1 is 1.19 bits per heavy atom. The smallest absolute Gasteiger partial charge is 0.161 e. The number of rotatable bonds is 4. The second-order valence-corrected chi connectivity index (χ2v) is 5.65. The number of methoxy groups -OCH3 is 2. The van der Waals surface area contributed by atoms with E-state index in [0.29, 0.717) is 17.1 Å². The lowest BCUT2D eigenvalue weighted by Gasteiger charge is -2.07. The largest absolute Gasteiger partial charge is 0.493 e. The number of aryl methyl sites for hydroxylation is 1. The van der Waals surface area contributed by atoms with E-state index in [1.165, 1.54) is 11.3 Å². The normalized spacial score (nSPS) is 10.6. The maximum Gasteiger partial charge on any atom is 0.161 e. The summed E-state index contributed by atoms with van der Waals surface area (Å²) >= 11 is 1.53. The predicted molar refractivity (Wildman–Crippen MR) is 85.3 cm³/mol. The van der Waals surface area contributed by atoms with Crippen LogP contribution in [0.5, 0.6) is 11.5 Å². The zero-order chi connectivity index (χ0) is 15.4. The number of ether oxygens (including phenoxy) is 2. The number of benzene rings is 1. The standard InChI is InChI=1S/C16H16N2O2S/c1-10-11(2)21-16(13(10)8-17)18-9-12-5-6-14(19-3)15(7-12)20-4/h5-7,9H,1-4H3/b18-9+. The molecule has 0 unspecified atom stereocenters. The quantitative estimate of drug-likeness (QED) is 0.802. The Kier molecular flexibility index (Phi) is 4.61. The van der Waals surface area contributed by atoms with Gasteiger partial charge in [-0.2, -0.15) is 5.26 Å². The van der Waals surface area contributed by atoms with Gasteiger partial charge in [0.05, 0.1) is 19.8 Å². The summed E-state index contributed by atoms with van der Waals surface area (Å²) in [5, 5.41) is 9.94. The summed E-state index contributed by atoms with van der Waals surface area (Å²) < 4.78 is 10.5. The molecular weight excluding hydrogens is 284 g/mol. The number of hydrogen-bond acceptors (Lipinski definition) is 5. The summed E-state index contributed by atoms with van der Waals surface area (Å²) in [7, 11) is 3.20. The molecule has 0 saturated heterocycles. The van der Waals surface area contributed by atoms with Gasteiger partial charge in [0.2, 0.25) is 0 Å². The molecule has 2 rings (SSSR count). The monoisotopic (exact) mass is 300 g/mol. The molecule has 0 atom stereocenters. The molecule has 1 heterocycles. The lowest BCUT2D eigenvalue weighted by atomic mass is 10.2. The van der Waals surface area contributed by atoms with Crippen molar-refractivity contribution >= 4 is 22.6 Å². The van der Waals surface area contributed by atoms with Crippen LogP contribution in [0.15, 0.2) is 23.2 Å². The molecule has 0 saturated carbocycles. The van der Waals surface area contributed by atoms with Crippen LogP contribution in [0.25, 0.3) is 0 Å². The average Bonchev–Trinajstić information content (AvgIpc) is 2.79. The molecule has 108 valence electrons. The van der Waals surface area contributed by atoms with Gasteiger partial charge in [0.25, 0.3) is 0 Å². The van der Waals surface area contributed by atoms with Gasteiger partial charge in [-0.1, -0.05) is 0 Å². The highest BCUT2D eigenvalue weighted by molar-refractivity contribution is 7.16. The average molecular weight is 300 g/mol. The lowest BCUT2D eigenvalue weighted by Crippen LogP contribution is -1.91. The number of nitrogens with zero attached hydrogens (tertiary/aromatic N) is 2. The first kappa shape index (κ1) is 15.1. The zero-order valence-corrected chi connectivity index (χ0v) is 13.2. The van der Waals surface area contributed by atoms with Crippen LogP contribution in [0.4, 0.5) is 5.00 Å². The van der Waals surface area contributed by atoms with Crippen molar-refractivity contribution in [2.45, 2.75) is 13.8 Å². The minimum Gasteiger partial charge on any atom is -0.493 e. The molecule has 0 amide bonds. The van der Waals surface area contributed by atoms with Crippen molar-refractivity contribution in [3.63, 3.8) is 0 Å². The Morgan fingerprint density at radius 2 is 1.90 bits per heavy atom. The fraction of sp³-hybridized carbons (Fsp3) is 0.250. The Bertz CT molecular complexity index is 727. The highest BCUT2D eigenvalue weighted by atomic mass is 32.1. The highest BCUT2D eigenvalue weighted by Gasteiger charge is 2.11. The fourth-order valence-electron chi connectivity index (χ4n) is 1.90. The van der Waals surface area contributed by atoms with E-state index in [2.05, 4.69) is 11.1 Å². The third kappa shape index (κ3) is 3.06. The summed E-state index contributed by atoms with van der Waals surface area (Å²) in [5.74, 6) is 1.33. The Labute approximate surface area is 128 Å². The minimum atomic E-state index is 0.647. The molecule has 1 aromatic heterocycles. The molecule has 1 aromatic carbocycles. The van der Waals surface area contributed by atoms with E-state index in [1.807, 2.05) is 32.0 Å². The molecule has 0 N–H and O–H groups in total. The van der Waals surface area contributed by atoms with Crippen molar-refractivity contribution in [1.29, 1.82) is 5.26 Å². The molecule has 2 aromatic rings. The predicted octanol–water partition coefficient (Wildman–Crippen LogP) is 4.00. The van der Waals surface area contributed by atoms with E-state index >= 15 is 0 Å². The molecule has 5 heteroatoms. The zero-order valence-electron chi connectivity index (χ0n) is 12.4. The van der Waals surface area contributed by atoms with Gasteiger partial charge in [0, 0.05) is 11.1 Å². The summed E-state index contributed by atoms with van der Waals surface area (Å²) in [6.45, 7) is 3.94. The second kappa shape index (κ2) is 6.42. The van der Waals surface area contributed by atoms with Crippen LogP contribution in [0, 0.1) is 25.2 Å². The maximum atomic E-state index is 9.21. The SMILES string of the molecule is COc1ccc(/C=N/c2sc(C)c(C)c2C#N)cc1OC. The van der Waals surface area contributed by atoms with Gasteiger partial charge >= 0.3 is 0 Å². The molecule has 0 aliphatic rings. The second-order valence-electron chi connectivity index (χ2n) is 4.45. The van der Waals surface area contributed by atoms with Crippen molar-refractivity contribution in [3.8, 4) is 17.6 Å². The number of aliphatic imine (C=N–C) groups is 1. The molecule has 0 radical (unpaired) electrons. The summed E-state index contributed by atoms with van der Waals surface area (Å²) in [6, 6.07) is 7.79. The number of nitriles is 1. The fourth-order valence-corrected chi connectivity index (χ4v) is 2.85. The molecule has 0 fully saturated rings. The van der Waals surface area contributed by atoms with Gasteiger partial charge in [-0.15, -0.1) is 11.3 Å². The van der Waals surface area contributed by atoms with Gasteiger partial charge < -0.3 is 9.47 Å². The van der Waals surface area contributed by atoms with E-state index < -0.39 is 0 Å². The molecule has 0 aliphatic heterocycles.